The van der Waals surface area contributed by atoms with E-state index in [1.165, 1.54) is 6.08 Å². The lowest BCUT2D eigenvalue weighted by Crippen LogP contribution is -2.18. The maximum Gasteiger partial charge on any atom is 0.115 e. The van der Waals surface area contributed by atoms with Gasteiger partial charge in [0.1, 0.15) is 11.5 Å². The van der Waals surface area contributed by atoms with Crippen molar-refractivity contribution in [2.75, 3.05) is 12.5 Å². The predicted octanol–water partition coefficient (Wildman–Crippen LogP) is 6.10. The highest BCUT2D eigenvalue weighted by Gasteiger charge is 2.22. The molecule has 0 amide bonds. The van der Waals surface area contributed by atoms with E-state index in [0.29, 0.717) is 12.0 Å². The molecule has 1 saturated heterocycles. The molecule has 3 rings (SSSR count). The van der Waals surface area contributed by atoms with Gasteiger partial charge in [0, 0.05) is 11.5 Å². The van der Waals surface area contributed by atoms with Crippen LogP contribution in [0.3, 0.4) is 0 Å². The number of ether oxygens (including phenoxy) is 1. The number of phenols is 2. The van der Waals surface area contributed by atoms with Crippen LogP contribution in [-0.2, 0) is 10.2 Å². The monoisotopic (exact) mass is 427 g/mol. The fraction of sp³-hybridized carbons (Fsp3) is 0.240. The van der Waals surface area contributed by atoms with Crippen molar-refractivity contribution in [2.24, 2.45) is 0 Å². The number of alkyl halides is 1. The van der Waals surface area contributed by atoms with Crippen molar-refractivity contribution in [3.05, 3.63) is 97.6 Å². The molecule has 0 bridgehead atoms. The van der Waals surface area contributed by atoms with E-state index in [-0.39, 0.29) is 16.9 Å². The number of nitriles is 1. The Balaban J connectivity index is 0.000000526. The van der Waals surface area contributed by atoms with Gasteiger partial charge < -0.3 is 14.9 Å². The minimum atomic E-state index is -0.151. The van der Waals surface area contributed by atoms with E-state index in [1.54, 1.807) is 42.5 Å². The molecule has 160 valence electrons. The van der Waals surface area contributed by atoms with Gasteiger partial charge in [0.2, 0.25) is 0 Å². The summed E-state index contributed by atoms with van der Waals surface area (Å²) in [5.41, 5.74) is 2.10. The van der Waals surface area contributed by atoms with Crippen LogP contribution in [0.2, 0.25) is 0 Å². The second kappa shape index (κ2) is 14.9. The lowest BCUT2D eigenvalue weighted by atomic mass is 9.78. The average molecular weight is 428 g/mol. The van der Waals surface area contributed by atoms with Crippen LogP contribution < -0.4 is 0 Å². The number of halogens is 1. The smallest absolute Gasteiger partial charge is 0.115 e. The van der Waals surface area contributed by atoms with Crippen LogP contribution in [0.15, 0.2) is 86.5 Å². The quantitative estimate of drug-likeness (QED) is 0.267. The van der Waals surface area contributed by atoms with Crippen LogP contribution >= 0.6 is 11.6 Å². The lowest BCUT2D eigenvalue weighted by Gasteiger charge is -2.26. The fourth-order valence-electron chi connectivity index (χ4n) is 2.08. The second-order valence-corrected chi connectivity index (χ2v) is 6.94. The zero-order valence-electron chi connectivity index (χ0n) is 17.6. The molecule has 0 aromatic heterocycles. The van der Waals surface area contributed by atoms with E-state index in [1.807, 2.05) is 24.3 Å². The molecule has 1 aliphatic rings. The van der Waals surface area contributed by atoms with Crippen molar-refractivity contribution in [3.8, 4) is 17.6 Å². The van der Waals surface area contributed by atoms with Gasteiger partial charge in [-0.2, -0.15) is 5.26 Å². The Morgan fingerprint density at radius 3 is 1.50 bits per heavy atom. The van der Waals surface area contributed by atoms with Gasteiger partial charge in [0.05, 0.1) is 24.7 Å². The molecule has 30 heavy (non-hydrogen) atoms. The highest BCUT2D eigenvalue weighted by atomic mass is 35.5. The van der Waals surface area contributed by atoms with Crippen LogP contribution in [0.5, 0.6) is 11.5 Å². The summed E-state index contributed by atoms with van der Waals surface area (Å²) in [6, 6.07) is 16.1. The molecule has 0 aliphatic carbocycles. The van der Waals surface area contributed by atoms with E-state index in [0.717, 1.165) is 17.7 Å². The van der Waals surface area contributed by atoms with Crippen molar-refractivity contribution in [1.82, 2.24) is 0 Å². The van der Waals surface area contributed by atoms with Crippen molar-refractivity contribution >= 4 is 11.6 Å². The molecule has 0 saturated carbocycles. The Hall–Kier alpha value is -3.00. The fourth-order valence-corrected chi connectivity index (χ4v) is 2.26. The second-order valence-electron chi connectivity index (χ2n) is 6.63. The molecule has 1 aliphatic heterocycles. The van der Waals surface area contributed by atoms with E-state index in [2.05, 4.69) is 33.6 Å². The van der Waals surface area contributed by atoms with E-state index in [9.17, 15) is 10.2 Å². The Morgan fingerprint density at radius 1 is 1.00 bits per heavy atom. The summed E-state index contributed by atoms with van der Waals surface area (Å²) in [7, 11) is 0. The SMILES string of the molecule is C=CC#N.C=CC=C.CC(C)(c1ccc(O)cc1)c1ccc(O)cc1.ClCC1CO1. The number of aromatic hydroxyl groups is 2. The number of rotatable bonds is 4. The first-order chi connectivity index (χ1) is 14.3. The summed E-state index contributed by atoms with van der Waals surface area (Å²) in [6.45, 7) is 15.0. The number of hydrogen-bond donors (Lipinski definition) is 2. The highest BCUT2D eigenvalue weighted by molar-refractivity contribution is 6.18. The Morgan fingerprint density at radius 2 is 1.33 bits per heavy atom. The summed E-state index contributed by atoms with van der Waals surface area (Å²) in [4.78, 5) is 0. The van der Waals surface area contributed by atoms with Gasteiger partial charge in [-0.15, -0.1) is 11.6 Å². The van der Waals surface area contributed by atoms with Gasteiger partial charge in [0.15, 0.2) is 0 Å². The zero-order valence-corrected chi connectivity index (χ0v) is 18.3. The Bertz CT molecular complexity index is 748. The van der Waals surface area contributed by atoms with Crippen LogP contribution in [0, 0.1) is 11.3 Å². The van der Waals surface area contributed by atoms with Crippen LogP contribution in [-0.4, -0.2) is 28.8 Å². The van der Waals surface area contributed by atoms with Gasteiger partial charge in [-0.25, -0.2) is 0 Å². The van der Waals surface area contributed by atoms with Gasteiger partial charge in [-0.05, 0) is 35.4 Å². The molecule has 2 aromatic rings. The number of benzene rings is 2. The highest BCUT2D eigenvalue weighted by Crippen LogP contribution is 2.32. The Kier molecular flexibility index (Phi) is 13.4. The number of phenolic OH excluding ortho intramolecular Hbond substituents is 2. The van der Waals surface area contributed by atoms with Gasteiger partial charge >= 0.3 is 0 Å². The minimum Gasteiger partial charge on any atom is -0.508 e. The van der Waals surface area contributed by atoms with Crippen molar-refractivity contribution in [3.63, 3.8) is 0 Å². The Labute approximate surface area is 185 Å². The first-order valence-corrected chi connectivity index (χ1v) is 9.80. The molecule has 1 heterocycles. The summed E-state index contributed by atoms with van der Waals surface area (Å²) < 4.78 is 4.73. The maximum absolute atomic E-state index is 9.30. The van der Waals surface area contributed by atoms with E-state index in [4.69, 9.17) is 21.6 Å². The van der Waals surface area contributed by atoms with E-state index < -0.39 is 0 Å². The summed E-state index contributed by atoms with van der Waals surface area (Å²) >= 11 is 5.27. The van der Waals surface area contributed by atoms with Crippen LogP contribution in [0.25, 0.3) is 0 Å². The van der Waals surface area contributed by atoms with Crippen molar-refractivity contribution in [1.29, 1.82) is 5.26 Å². The standard InChI is InChI=1S/C15H16O2.C4H6.C3H5ClO.C3H3N/c1-15(2,11-3-7-13(16)8-4-11)12-5-9-14(17)10-6-12;1-3-4-2;4-1-3-2-5-3;1-2-3-4/h3-10,16-17H,1-2H3;3-4H,1-2H2;3H,1-2H2;2H,1H2. The molecule has 0 radical (unpaired) electrons. The number of hydrogen-bond acceptors (Lipinski definition) is 4. The van der Waals surface area contributed by atoms with Crippen molar-refractivity contribution < 1.29 is 14.9 Å². The van der Waals surface area contributed by atoms with Crippen LogP contribution in [0.4, 0.5) is 0 Å². The largest absolute Gasteiger partial charge is 0.508 e. The third-order valence-electron chi connectivity index (χ3n) is 4.01. The van der Waals surface area contributed by atoms with Gasteiger partial charge in [-0.1, -0.05) is 70.0 Å². The normalized spacial score (nSPS) is 13.3. The van der Waals surface area contributed by atoms with Crippen LogP contribution in [0.1, 0.15) is 25.0 Å². The first-order valence-electron chi connectivity index (χ1n) is 9.27. The number of epoxide rings is 1. The zero-order chi connectivity index (χ0) is 23.0. The summed E-state index contributed by atoms with van der Waals surface area (Å²) in [6.07, 6.45) is 4.86. The predicted molar refractivity (Wildman–Crippen MR) is 125 cm³/mol. The molecular formula is C25H30ClNO3. The molecule has 0 spiro atoms. The third kappa shape index (κ3) is 11.1. The van der Waals surface area contributed by atoms with E-state index >= 15 is 0 Å². The lowest BCUT2D eigenvalue weighted by molar-refractivity contribution is 0.425. The molecule has 4 nitrogen and oxygen atoms in total. The third-order valence-corrected chi connectivity index (χ3v) is 4.35. The molecular weight excluding hydrogens is 398 g/mol. The molecule has 1 unspecified atom stereocenters. The average Bonchev–Trinajstić information content (AvgIpc) is 3.60. The molecule has 1 fully saturated rings. The topological polar surface area (TPSA) is 76.8 Å². The molecule has 2 aromatic carbocycles. The number of allylic oxidation sites excluding steroid dienone is 3. The summed E-state index contributed by atoms with van der Waals surface area (Å²) in [5, 5.41) is 26.1. The molecule has 5 heteroatoms. The maximum atomic E-state index is 9.30. The molecule has 2 N–H and O–H groups in total. The summed E-state index contributed by atoms with van der Waals surface area (Å²) in [5.74, 6) is 1.21. The minimum absolute atomic E-state index is 0.151. The number of nitrogens with zero attached hydrogens (tertiary/aromatic N) is 1. The first kappa shape index (κ1) is 27.0. The molecule has 1 atom stereocenters. The van der Waals surface area contributed by atoms with Gasteiger partial charge in [-0.3, -0.25) is 0 Å². The van der Waals surface area contributed by atoms with Gasteiger partial charge in [0.25, 0.3) is 0 Å². The van der Waals surface area contributed by atoms with Crippen molar-refractivity contribution in [2.45, 2.75) is 25.4 Å².